The van der Waals surface area contributed by atoms with Gasteiger partial charge >= 0.3 is 5.97 Å². The van der Waals surface area contributed by atoms with Crippen LogP contribution in [-0.2, 0) is 30.3 Å². The van der Waals surface area contributed by atoms with Crippen LogP contribution in [0.3, 0.4) is 0 Å². The van der Waals surface area contributed by atoms with Crippen LogP contribution in [0.25, 0.3) is 0 Å². The highest BCUT2D eigenvalue weighted by atomic mass is 16.8. The Morgan fingerprint density at radius 3 is 2.62 bits per heavy atom. The number of rotatable bonds is 10. The van der Waals surface area contributed by atoms with Crippen molar-refractivity contribution in [2.45, 2.75) is 70.2 Å². The molecule has 1 saturated heterocycles. The molecule has 0 spiro atoms. The molecule has 0 bridgehead atoms. The molecule has 2 rings (SSSR count). The third-order valence-corrected chi connectivity index (χ3v) is 4.36. The molecule has 0 radical (unpaired) electrons. The second-order valence-electron chi connectivity index (χ2n) is 6.99. The fourth-order valence-electron chi connectivity index (χ4n) is 3.10. The highest BCUT2D eigenvalue weighted by Crippen LogP contribution is 2.33. The quantitative estimate of drug-likeness (QED) is 0.507. The zero-order chi connectivity index (χ0) is 19.0. The lowest BCUT2D eigenvalue weighted by atomic mass is 10.0. The lowest BCUT2D eigenvalue weighted by molar-refractivity contribution is -0.170. The number of aliphatic hydroxyl groups excluding tert-OH is 1. The first kappa shape index (κ1) is 20.8. The molecule has 6 nitrogen and oxygen atoms in total. The number of aliphatic hydroxyl groups is 1. The van der Waals surface area contributed by atoms with Crippen molar-refractivity contribution in [1.29, 1.82) is 0 Å². The van der Waals surface area contributed by atoms with Crippen molar-refractivity contribution < 1.29 is 28.8 Å². The van der Waals surface area contributed by atoms with Gasteiger partial charge < -0.3 is 24.1 Å². The van der Waals surface area contributed by atoms with Gasteiger partial charge in [0.25, 0.3) is 0 Å². The van der Waals surface area contributed by atoms with Crippen LogP contribution in [0.2, 0.25) is 0 Å². The van der Waals surface area contributed by atoms with Crippen molar-refractivity contribution in [2.24, 2.45) is 0 Å². The maximum absolute atomic E-state index is 11.6. The van der Waals surface area contributed by atoms with Gasteiger partial charge in [-0.1, -0.05) is 43.2 Å². The normalized spacial score (nSPS) is 22.9. The lowest BCUT2D eigenvalue weighted by Crippen LogP contribution is -2.41. The predicted molar refractivity (Wildman–Crippen MR) is 96.4 cm³/mol. The number of ether oxygens (including phenoxy) is 4. The van der Waals surface area contributed by atoms with Crippen molar-refractivity contribution in [3.63, 3.8) is 0 Å². The Bertz CT molecular complexity index is 544. The van der Waals surface area contributed by atoms with Gasteiger partial charge in [-0.2, -0.15) is 0 Å². The number of carbonyl (C=O) groups is 1. The fraction of sp³-hybridized carbons (Fsp3) is 0.650. The summed E-state index contributed by atoms with van der Waals surface area (Å²) in [6, 6.07) is 10.1. The van der Waals surface area contributed by atoms with E-state index < -0.39 is 24.0 Å². The minimum absolute atomic E-state index is 0.329. The number of hydrogen-bond acceptors (Lipinski definition) is 6. The molecule has 26 heavy (non-hydrogen) atoms. The van der Waals surface area contributed by atoms with Gasteiger partial charge in [0.05, 0.1) is 19.8 Å². The summed E-state index contributed by atoms with van der Waals surface area (Å²) in [4.78, 5) is 11.6. The molecule has 0 aromatic heterocycles. The van der Waals surface area contributed by atoms with Gasteiger partial charge in [0.15, 0.2) is 11.9 Å². The Hall–Kier alpha value is -1.47. The maximum Gasteiger partial charge on any atom is 0.337 e. The van der Waals surface area contributed by atoms with Gasteiger partial charge in [0, 0.05) is 6.61 Å². The summed E-state index contributed by atoms with van der Waals surface area (Å²) in [6.07, 6.45) is 1.19. The molecule has 146 valence electrons. The first-order valence-corrected chi connectivity index (χ1v) is 9.16. The van der Waals surface area contributed by atoms with Crippen molar-refractivity contribution in [3.05, 3.63) is 35.9 Å². The topological polar surface area (TPSA) is 74.2 Å². The van der Waals surface area contributed by atoms with Gasteiger partial charge in [0.2, 0.25) is 0 Å². The van der Waals surface area contributed by atoms with E-state index in [0.717, 1.165) is 19.3 Å². The first-order valence-electron chi connectivity index (χ1n) is 9.16. The average Bonchev–Trinajstić information content (AvgIpc) is 2.95. The van der Waals surface area contributed by atoms with Gasteiger partial charge in [0.1, 0.15) is 6.10 Å². The Morgan fingerprint density at radius 1 is 1.19 bits per heavy atom. The van der Waals surface area contributed by atoms with Crippen LogP contribution in [-0.4, -0.2) is 48.9 Å². The summed E-state index contributed by atoms with van der Waals surface area (Å²) < 4.78 is 21.8. The third kappa shape index (κ3) is 6.36. The van der Waals surface area contributed by atoms with E-state index in [2.05, 4.69) is 4.74 Å². The summed E-state index contributed by atoms with van der Waals surface area (Å²) in [5.74, 6) is -1.51. The van der Waals surface area contributed by atoms with Crippen LogP contribution < -0.4 is 0 Å². The molecule has 0 saturated carbocycles. The maximum atomic E-state index is 11.6. The van der Waals surface area contributed by atoms with E-state index in [1.165, 1.54) is 12.7 Å². The minimum atomic E-state index is -1.33. The summed E-state index contributed by atoms with van der Waals surface area (Å²) in [6.45, 7) is 4.89. The van der Waals surface area contributed by atoms with Crippen LogP contribution in [0, 0.1) is 0 Å². The molecular formula is C20H30O6. The molecule has 1 aliphatic rings. The summed E-state index contributed by atoms with van der Waals surface area (Å²) in [7, 11) is 1.25. The van der Waals surface area contributed by atoms with E-state index in [1.807, 2.05) is 30.3 Å². The standard InChI is InChI=1S/C20H30O6/c1-20(2)25-16(18(26-20)17(21)19(22)23-3)12-8-5-9-13-24-14-15-10-6-4-7-11-15/h4,6-7,10-11,16-18,21H,5,8-9,12-14H2,1-3H3/t16-,17+,18+/m1/s1. The summed E-state index contributed by atoms with van der Waals surface area (Å²) in [5, 5.41) is 10.1. The molecule has 1 aromatic carbocycles. The molecule has 0 aliphatic carbocycles. The largest absolute Gasteiger partial charge is 0.467 e. The smallest absolute Gasteiger partial charge is 0.337 e. The van der Waals surface area contributed by atoms with Crippen molar-refractivity contribution >= 4 is 5.97 Å². The van der Waals surface area contributed by atoms with Crippen molar-refractivity contribution in [1.82, 2.24) is 0 Å². The Morgan fingerprint density at radius 2 is 1.92 bits per heavy atom. The molecule has 1 fully saturated rings. The molecule has 3 atom stereocenters. The third-order valence-electron chi connectivity index (χ3n) is 4.36. The fourth-order valence-corrected chi connectivity index (χ4v) is 3.10. The number of hydrogen-bond donors (Lipinski definition) is 1. The van der Waals surface area contributed by atoms with E-state index in [-0.39, 0.29) is 6.10 Å². The molecular weight excluding hydrogens is 336 g/mol. The van der Waals surface area contributed by atoms with Crippen molar-refractivity contribution in [2.75, 3.05) is 13.7 Å². The zero-order valence-electron chi connectivity index (χ0n) is 15.8. The van der Waals surface area contributed by atoms with E-state index in [1.54, 1.807) is 13.8 Å². The van der Waals surface area contributed by atoms with Gasteiger partial charge in [-0.15, -0.1) is 0 Å². The van der Waals surface area contributed by atoms with Crippen LogP contribution in [0.5, 0.6) is 0 Å². The Balaban J connectivity index is 1.66. The van der Waals surface area contributed by atoms with Gasteiger partial charge in [-0.05, 0) is 32.3 Å². The number of esters is 1. The molecule has 6 heteroatoms. The number of benzene rings is 1. The zero-order valence-corrected chi connectivity index (χ0v) is 15.8. The number of unbranched alkanes of at least 4 members (excludes halogenated alkanes) is 2. The number of carbonyl (C=O) groups excluding carboxylic acids is 1. The number of methoxy groups -OCH3 is 1. The Labute approximate surface area is 155 Å². The minimum Gasteiger partial charge on any atom is -0.467 e. The molecule has 1 N–H and O–H groups in total. The van der Waals surface area contributed by atoms with E-state index in [0.29, 0.717) is 19.6 Å². The molecule has 0 amide bonds. The first-order chi connectivity index (χ1) is 12.4. The predicted octanol–water partition coefficient (Wildman–Crippen LogP) is 2.82. The monoisotopic (exact) mass is 366 g/mol. The molecule has 1 heterocycles. The van der Waals surface area contributed by atoms with Gasteiger partial charge in [-0.3, -0.25) is 0 Å². The summed E-state index contributed by atoms with van der Waals surface area (Å²) >= 11 is 0. The highest BCUT2D eigenvalue weighted by Gasteiger charge is 2.46. The average molecular weight is 366 g/mol. The van der Waals surface area contributed by atoms with Crippen molar-refractivity contribution in [3.8, 4) is 0 Å². The molecule has 0 unspecified atom stereocenters. The van der Waals surface area contributed by atoms with Crippen LogP contribution in [0.1, 0.15) is 45.1 Å². The lowest BCUT2D eigenvalue weighted by Gasteiger charge is -2.20. The van der Waals surface area contributed by atoms with Crippen LogP contribution in [0.4, 0.5) is 0 Å². The Kier molecular flexibility index (Phi) is 8.03. The van der Waals surface area contributed by atoms with Crippen LogP contribution >= 0.6 is 0 Å². The second-order valence-corrected chi connectivity index (χ2v) is 6.99. The van der Waals surface area contributed by atoms with Gasteiger partial charge in [-0.25, -0.2) is 4.79 Å². The van der Waals surface area contributed by atoms with Crippen LogP contribution in [0.15, 0.2) is 30.3 Å². The second kappa shape index (κ2) is 10.0. The molecule has 1 aromatic rings. The summed E-state index contributed by atoms with van der Waals surface area (Å²) in [5.41, 5.74) is 1.17. The SMILES string of the molecule is COC(=O)[C@@H](O)[C@H]1OC(C)(C)O[C@@H]1CCCCCOCc1ccccc1. The molecule has 1 aliphatic heterocycles. The van der Waals surface area contributed by atoms with E-state index in [9.17, 15) is 9.90 Å². The van der Waals surface area contributed by atoms with E-state index in [4.69, 9.17) is 14.2 Å². The highest BCUT2D eigenvalue weighted by molar-refractivity contribution is 5.75. The van der Waals surface area contributed by atoms with E-state index >= 15 is 0 Å².